The lowest BCUT2D eigenvalue weighted by molar-refractivity contribution is 0.0600. The Kier molecular flexibility index (Phi) is 7.29. The molecule has 1 N–H and O–H groups in total. The number of fused-ring (bicyclic) bond motifs is 1. The van der Waals surface area contributed by atoms with E-state index in [2.05, 4.69) is 52.5 Å². The fraction of sp³-hybridized carbons (Fsp3) is 0.333. The molecule has 0 unspecified atom stereocenters. The molecule has 4 aromatic rings. The summed E-state index contributed by atoms with van der Waals surface area (Å²) in [4.78, 5) is 25.8. The van der Waals surface area contributed by atoms with Crippen LogP contribution in [0.5, 0.6) is 0 Å². The molecule has 10 heteroatoms. The summed E-state index contributed by atoms with van der Waals surface area (Å²) in [6, 6.07) is 15.3. The van der Waals surface area contributed by atoms with Gasteiger partial charge in [-0.1, -0.05) is 12.1 Å². The van der Waals surface area contributed by atoms with Crippen LogP contribution in [0.4, 0.5) is 17.5 Å². The normalized spacial score (nSPS) is 13.8. The molecule has 0 bridgehead atoms. The van der Waals surface area contributed by atoms with Gasteiger partial charge in [0.25, 0.3) is 0 Å². The van der Waals surface area contributed by atoms with E-state index in [-0.39, 0.29) is 5.97 Å². The van der Waals surface area contributed by atoms with Gasteiger partial charge in [-0.3, -0.25) is 4.68 Å². The number of carbonyl (C=O) groups is 1. The molecule has 3 heterocycles. The molecule has 0 radical (unpaired) electrons. The number of rotatable bonds is 8. The third-order valence-corrected chi connectivity index (χ3v) is 6.29. The van der Waals surface area contributed by atoms with Gasteiger partial charge in [-0.05, 0) is 44.4 Å². The fourth-order valence-corrected chi connectivity index (χ4v) is 4.21. The van der Waals surface area contributed by atoms with Crippen molar-refractivity contribution < 1.29 is 14.3 Å². The number of likely N-dealkylation sites (N-methyl/N-ethyl adjacent to an activating group) is 1. The summed E-state index contributed by atoms with van der Waals surface area (Å²) in [6.45, 7) is 4.44. The van der Waals surface area contributed by atoms with Gasteiger partial charge in [0, 0.05) is 42.3 Å². The summed E-state index contributed by atoms with van der Waals surface area (Å²) in [7, 11) is 5.49. The Hall–Kier alpha value is -4.02. The first kappa shape index (κ1) is 24.7. The molecule has 0 amide bonds. The number of nitrogens with one attached hydrogen (secondary N) is 1. The van der Waals surface area contributed by atoms with Crippen molar-refractivity contribution >= 4 is 34.3 Å². The van der Waals surface area contributed by atoms with Crippen LogP contribution in [0.2, 0.25) is 0 Å². The second kappa shape index (κ2) is 10.9. The third-order valence-electron chi connectivity index (χ3n) is 6.29. The van der Waals surface area contributed by atoms with Crippen molar-refractivity contribution in [2.45, 2.75) is 6.54 Å². The first-order valence-electron chi connectivity index (χ1n) is 12.3. The Morgan fingerprint density at radius 2 is 1.86 bits per heavy atom. The lowest BCUT2D eigenvalue weighted by atomic mass is 10.1. The summed E-state index contributed by atoms with van der Waals surface area (Å²) in [5.74, 6) is 0.944. The van der Waals surface area contributed by atoms with E-state index in [1.54, 1.807) is 12.1 Å². The number of carbonyl (C=O) groups excluding carboxylic acids is 1. The van der Waals surface area contributed by atoms with Gasteiger partial charge in [0.15, 0.2) is 0 Å². The highest BCUT2D eigenvalue weighted by atomic mass is 16.5. The predicted molar refractivity (Wildman–Crippen MR) is 143 cm³/mol. The number of hydrogen-bond donors (Lipinski definition) is 1. The van der Waals surface area contributed by atoms with Gasteiger partial charge in [0.1, 0.15) is 5.82 Å². The number of methoxy groups -OCH3 is 1. The molecule has 0 spiro atoms. The molecule has 0 atom stereocenters. The van der Waals surface area contributed by atoms with Gasteiger partial charge in [-0.25, -0.2) is 9.78 Å². The molecule has 192 valence electrons. The summed E-state index contributed by atoms with van der Waals surface area (Å²) in [5.41, 5.74) is 4.17. The van der Waals surface area contributed by atoms with E-state index in [9.17, 15) is 4.79 Å². The van der Waals surface area contributed by atoms with E-state index in [0.717, 1.165) is 54.0 Å². The number of esters is 1. The second-order valence-corrected chi connectivity index (χ2v) is 9.18. The van der Waals surface area contributed by atoms with E-state index < -0.39 is 0 Å². The smallest absolute Gasteiger partial charge is 0.337 e. The Labute approximate surface area is 215 Å². The summed E-state index contributed by atoms with van der Waals surface area (Å²) in [6.07, 6.45) is 1.90. The summed E-state index contributed by atoms with van der Waals surface area (Å²) >= 11 is 0. The predicted octanol–water partition coefficient (Wildman–Crippen LogP) is 3.42. The topological polar surface area (TPSA) is 97.6 Å². The minimum Gasteiger partial charge on any atom is -0.465 e. The zero-order valence-electron chi connectivity index (χ0n) is 21.3. The number of ether oxygens (including phenoxy) is 2. The molecule has 1 fully saturated rings. The molecule has 2 aromatic carbocycles. The highest BCUT2D eigenvalue weighted by Crippen LogP contribution is 2.28. The number of morpholine rings is 1. The van der Waals surface area contributed by atoms with Crippen molar-refractivity contribution in [1.29, 1.82) is 0 Å². The molecule has 1 aliphatic rings. The largest absolute Gasteiger partial charge is 0.465 e. The maximum Gasteiger partial charge on any atom is 0.337 e. The summed E-state index contributed by atoms with van der Waals surface area (Å²) in [5, 5.41) is 9.04. The molecule has 2 aromatic heterocycles. The van der Waals surface area contributed by atoms with Crippen LogP contribution in [0.15, 0.2) is 54.7 Å². The van der Waals surface area contributed by atoms with Crippen molar-refractivity contribution in [3.63, 3.8) is 0 Å². The van der Waals surface area contributed by atoms with Crippen molar-refractivity contribution in [2.75, 3.05) is 64.3 Å². The van der Waals surface area contributed by atoms with Crippen molar-refractivity contribution in [3.8, 4) is 11.3 Å². The van der Waals surface area contributed by atoms with Crippen molar-refractivity contribution in [2.24, 2.45) is 0 Å². The zero-order valence-corrected chi connectivity index (χ0v) is 21.3. The van der Waals surface area contributed by atoms with Gasteiger partial charge in [-0.15, -0.1) is 0 Å². The standard InChI is InChI=1S/C27H31N7O3/c1-32(2)10-11-34-24-16-20(4-5-21(24)18-28-34)23-17-25(31-27(30-23)33-12-14-37-15-13-33)29-22-8-6-19(7-9-22)26(35)36-3/h4-9,16-18H,10-15H2,1-3H3,(H,29,30,31). The van der Waals surface area contributed by atoms with Crippen molar-refractivity contribution in [3.05, 3.63) is 60.3 Å². The van der Waals surface area contributed by atoms with Gasteiger partial charge in [0.05, 0.1) is 49.8 Å². The Bertz CT molecular complexity index is 1380. The van der Waals surface area contributed by atoms with Crippen LogP contribution in [0.3, 0.4) is 0 Å². The number of aromatic nitrogens is 4. The van der Waals surface area contributed by atoms with Crippen LogP contribution in [-0.4, -0.2) is 84.7 Å². The molecule has 5 rings (SSSR count). The molecule has 10 nitrogen and oxygen atoms in total. The highest BCUT2D eigenvalue weighted by molar-refractivity contribution is 5.90. The average Bonchev–Trinajstić information content (AvgIpc) is 3.34. The van der Waals surface area contributed by atoms with E-state index >= 15 is 0 Å². The Morgan fingerprint density at radius 1 is 1.08 bits per heavy atom. The Morgan fingerprint density at radius 3 is 2.59 bits per heavy atom. The van der Waals surface area contributed by atoms with Crippen LogP contribution in [0.1, 0.15) is 10.4 Å². The molecule has 0 saturated carbocycles. The van der Waals surface area contributed by atoms with E-state index in [0.29, 0.717) is 30.5 Å². The van der Waals surface area contributed by atoms with Gasteiger partial charge in [-0.2, -0.15) is 10.1 Å². The summed E-state index contributed by atoms with van der Waals surface area (Å²) < 4.78 is 12.4. The van der Waals surface area contributed by atoms with Crippen LogP contribution in [0, 0.1) is 0 Å². The number of anilines is 3. The van der Waals surface area contributed by atoms with Crippen molar-refractivity contribution in [1.82, 2.24) is 24.6 Å². The monoisotopic (exact) mass is 501 g/mol. The number of benzene rings is 2. The highest BCUT2D eigenvalue weighted by Gasteiger charge is 2.17. The molecular formula is C27H31N7O3. The second-order valence-electron chi connectivity index (χ2n) is 9.18. The number of hydrogen-bond acceptors (Lipinski definition) is 9. The van der Waals surface area contributed by atoms with E-state index in [4.69, 9.17) is 19.4 Å². The first-order chi connectivity index (χ1) is 18.0. The van der Waals surface area contributed by atoms with Gasteiger partial charge >= 0.3 is 5.97 Å². The van der Waals surface area contributed by atoms with E-state index in [1.807, 2.05) is 29.1 Å². The SMILES string of the molecule is COC(=O)c1ccc(Nc2cc(-c3ccc4cnn(CCN(C)C)c4c3)nc(N3CCOCC3)n2)cc1. The molecule has 1 aliphatic heterocycles. The lowest BCUT2D eigenvalue weighted by Crippen LogP contribution is -2.37. The zero-order chi connectivity index (χ0) is 25.8. The van der Waals surface area contributed by atoms with Crippen LogP contribution in [0.25, 0.3) is 22.2 Å². The maximum absolute atomic E-state index is 11.8. The van der Waals surface area contributed by atoms with Gasteiger partial charge in [0.2, 0.25) is 5.95 Å². The Balaban J connectivity index is 1.50. The fourth-order valence-electron chi connectivity index (χ4n) is 4.21. The molecule has 1 saturated heterocycles. The van der Waals surface area contributed by atoms with Crippen LogP contribution in [-0.2, 0) is 16.0 Å². The minimum atomic E-state index is -0.370. The number of nitrogens with zero attached hydrogens (tertiary/aromatic N) is 6. The van der Waals surface area contributed by atoms with Crippen LogP contribution < -0.4 is 10.2 Å². The minimum absolute atomic E-state index is 0.370. The molecular weight excluding hydrogens is 470 g/mol. The maximum atomic E-state index is 11.8. The molecule has 0 aliphatic carbocycles. The lowest BCUT2D eigenvalue weighted by Gasteiger charge is -2.27. The first-order valence-corrected chi connectivity index (χ1v) is 12.3. The van der Waals surface area contributed by atoms with Crippen LogP contribution >= 0.6 is 0 Å². The van der Waals surface area contributed by atoms with Gasteiger partial charge < -0.3 is 24.6 Å². The van der Waals surface area contributed by atoms with E-state index in [1.165, 1.54) is 7.11 Å². The molecule has 37 heavy (non-hydrogen) atoms. The average molecular weight is 502 g/mol. The third kappa shape index (κ3) is 5.71. The quantitative estimate of drug-likeness (QED) is 0.364.